The lowest BCUT2D eigenvalue weighted by Crippen LogP contribution is -2.44. The van der Waals surface area contributed by atoms with Gasteiger partial charge in [0.2, 0.25) is 0 Å². The monoisotopic (exact) mass is 341 g/mol. The van der Waals surface area contributed by atoms with Crippen LogP contribution in [0.25, 0.3) is 0 Å². The van der Waals surface area contributed by atoms with Crippen LogP contribution in [0, 0.1) is 0 Å². The van der Waals surface area contributed by atoms with Gasteiger partial charge in [-0.2, -0.15) is 0 Å². The molecule has 1 aliphatic rings. The smallest absolute Gasteiger partial charge is 0.319 e. The predicted molar refractivity (Wildman–Crippen MR) is 83.4 cm³/mol. The van der Waals surface area contributed by atoms with Crippen LogP contribution in [0.5, 0.6) is 5.75 Å². The number of urea groups is 1. The number of piperidine rings is 1. The zero-order valence-corrected chi connectivity index (χ0v) is 13.4. The van der Waals surface area contributed by atoms with Crippen molar-refractivity contribution in [3.05, 3.63) is 22.7 Å². The van der Waals surface area contributed by atoms with E-state index < -0.39 is 0 Å². The van der Waals surface area contributed by atoms with E-state index in [1.54, 1.807) is 7.11 Å². The second-order valence-electron chi connectivity index (χ2n) is 5.03. The molecule has 5 nitrogen and oxygen atoms in total. The molecule has 1 fully saturated rings. The SMILES string of the molecule is COc1ccc(NC(=O)NC2CCN(C)CC2)cc1Br. The van der Waals surface area contributed by atoms with Gasteiger partial charge in [-0.15, -0.1) is 0 Å². The molecule has 0 aromatic heterocycles. The van der Waals surface area contributed by atoms with E-state index in [9.17, 15) is 4.79 Å². The van der Waals surface area contributed by atoms with Crippen LogP contribution in [-0.2, 0) is 0 Å². The van der Waals surface area contributed by atoms with Crippen LogP contribution < -0.4 is 15.4 Å². The molecule has 0 saturated carbocycles. The Kier molecular flexibility index (Phi) is 5.25. The molecule has 0 spiro atoms. The Bertz CT molecular complexity index is 473. The summed E-state index contributed by atoms with van der Waals surface area (Å²) in [5, 5.41) is 5.86. The maximum atomic E-state index is 11.9. The van der Waals surface area contributed by atoms with E-state index in [4.69, 9.17) is 4.74 Å². The molecule has 1 saturated heterocycles. The van der Waals surface area contributed by atoms with Crippen LogP contribution in [0.2, 0.25) is 0 Å². The van der Waals surface area contributed by atoms with Crippen molar-refractivity contribution >= 4 is 27.6 Å². The molecule has 2 rings (SSSR count). The molecule has 6 heteroatoms. The Labute approximate surface area is 127 Å². The summed E-state index contributed by atoms with van der Waals surface area (Å²) in [6, 6.07) is 5.56. The minimum atomic E-state index is -0.156. The number of hydrogen-bond donors (Lipinski definition) is 2. The van der Waals surface area contributed by atoms with E-state index in [0.29, 0.717) is 0 Å². The largest absolute Gasteiger partial charge is 0.496 e. The van der Waals surface area contributed by atoms with E-state index in [-0.39, 0.29) is 12.1 Å². The molecular weight excluding hydrogens is 322 g/mol. The summed E-state index contributed by atoms with van der Waals surface area (Å²) in [7, 11) is 3.71. The highest BCUT2D eigenvalue weighted by Gasteiger charge is 2.18. The lowest BCUT2D eigenvalue weighted by atomic mass is 10.1. The third-order valence-corrected chi connectivity index (χ3v) is 4.08. The van der Waals surface area contributed by atoms with Crippen LogP contribution in [0.4, 0.5) is 10.5 Å². The molecule has 0 unspecified atom stereocenters. The van der Waals surface area contributed by atoms with Crippen molar-refractivity contribution in [1.29, 1.82) is 0 Å². The molecule has 20 heavy (non-hydrogen) atoms. The summed E-state index contributed by atoms with van der Waals surface area (Å²) in [6.07, 6.45) is 1.99. The maximum absolute atomic E-state index is 11.9. The van der Waals surface area contributed by atoms with Gasteiger partial charge < -0.3 is 20.3 Å². The standard InChI is InChI=1S/C14H20BrN3O2/c1-18-7-5-10(6-8-18)16-14(19)17-11-3-4-13(20-2)12(15)9-11/h3-4,9-10H,5-8H2,1-2H3,(H2,16,17,19). The van der Waals surface area contributed by atoms with Crippen molar-refractivity contribution < 1.29 is 9.53 Å². The Morgan fingerprint density at radius 3 is 2.70 bits per heavy atom. The number of nitrogens with one attached hydrogen (secondary N) is 2. The molecule has 2 N–H and O–H groups in total. The van der Waals surface area contributed by atoms with E-state index in [2.05, 4.69) is 38.5 Å². The minimum Gasteiger partial charge on any atom is -0.496 e. The van der Waals surface area contributed by atoms with Crippen molar-refractivity contribution in [3.8, 4) is 5.75 Å². The van der Waals surface area contributed by atoms with Gasteiger partial charge in [-0.1, -0.05) is 0 Å². The predicted octanol–water partition coefficient (Wildman–Crippen LogP) is 2.67. The molecule has 0 atom stereocenters. The van der Waals surface area contributed by atoms with E-state index in [1.165, 1.54) is 0 Å². The first-order chi connectivity index (χ1) is 9.58. The summed E-state index contributed by atoms with van der Waals surface area (Å²) < 4.78 is 5.97. The highest BCUT2D eigenvalue weighted by molar-refractivity contribution is 9.10. The number of ether oxygens (including phenoxy) is 1. The van der Waals surface area contributed by atoms with Crippen LogP contribution in [0.15, 0.2) is 22.7 Å². The lowest BCUT2D eigenvalue weighted by Gasteiger charge is -2.29. The second kappa shape index (κ2) is 6.95. The molecule has 1 heterocycles. The highest BCUT2D eigenvalue weighted by Crippen LogP contribution is 2.27. The number of carbonyl (C=O) groups is 1. The Morgan fingerprint density at radius 1 is 1.40 bits per heavy atom. The van der Waals surface area contributed by atoms with Gasteiger partial charge in [-0.3, -0.25) is 0 Å². The van der Waals surface area contributed by atoms with Crippen LogP contribution in [-0.4, -0.2) is 44.2 Å². The number of halogens is 1. The summed E-state index contributed by atoms with van der Waals surface area (Å²) in [5.74, 6) is 0.742. The second-order valence-corrected chi connectivity index (χ2v) is 5.88. The van der Waals surface area contributed by atoms with Gasteiger partial charge in [0.1, 0.15) is 5.75 Å². The van der Waals surface area contributed by atoms with Crippen molar-refractivity contribution in [1.82, 2.24) is 10.2 Å². The average Bonchev–Trinajstić information content (AvgIpc) is 2.41. The molecule has 1 aliphatic heterocycles. The van der Waals surface area contributed by atoms with Gasteiger partial charge in [0, 0.05) is 11.7 Å². The lowest BCUT2D eigenvalue weighted by molar-refractivity contribution is 0.221. The molecule has 2 amide bonds. The zero-order valence-electron chi connectivity index (χ0n) is 11.8. The number of anilines is 1. The first-order valence-electron chi connectivity index (χ1n) is 6.68. The van der Waals surface area contributed by atoms with Gasteiger partial charge in [-0.05, 0) is 67.1 Å². The fourth-order valence-corrected chi connectivity index (χ4v) is 2.79. The third kappa shape index (κ3) is 4.11. The third-order valence-electron chi connectivity index (χ3n) is 3.46. The summed E-state index contributed by atoms with van der Waals surface area (Å²) >= 11 is 3.40. The van der Waals surface area contributed by atoms with Gasteiger partial charge >= 0.3 is 6.03 Å². The summed E-state index contributed by atoms with van der Waals surface area (Å²) in [4.78, 5) is 14.2. The van der Waals surface area contributed by atoms with E-state index in [1.807, 2.05) is 18.2 Å². The maximum Gasteiger partial charge on any atom is 0.319 e. The number of likely N-dealkylation sites (tertiary alicyclic amines) is 1. The zero-order chi connectivity index (χ0) is 14.5. The van der Waals surface area contributed by atoms with Gasteiger partial charge in [0.05, 0.1) is 11.6 Å². The van der Waals surface area contributed by atoms with Gasteiger partial charge in [0.25, 0.3) is 0 Å². The number of rotatable bonds is 3. The Morgan fingerprint density at radius 2 is 2.10 bits per heavy atom. The normalized spacial score (nSPS) is 16.8. The quantitative estimate of drug-likeness (QED) is 0.888. The van der Waals surface area contributed by atoms with E-state index >= 15 is 0 Å². The van der Waals surface area contributed by atoms with Crippen molar-refractivity contribution in [2.75, 3.05) is 32.6 Å². The Hall–Kier alpha value is -1.27. The van der Waals surface area contributed by atoms with Gasteiger partial charge in [0.15, 0.2) is 0 Å². The number of hydrogen-bond acceptors (Lipinski definition) is 3. The minimum absolute atomic E-state index is 0.156. The Balaban J connectivity index is 1.86. The molecule has 1 aromatic rings. The van der Waals surface area contributed by atoms with Crippen molar-refractivity contribution in [2.45, 2.75) is 18.9 Å². The van der Waals surface area contributed by atoms with Crippen molar-refractivity contribution in [3.63, 3.8) is 0 Å². The number of methoxy groups -OCH3 is 1. The summed E-state index contributed by atoms with van der Waals surface area (Å²) in [5.41, 5.74) is 0.739. The summed E-state index contributed by atoms with van der Waals surface area (Å²) in [6.45, 7) is 2.05. The van der Waals surface area contributed by atoms with E-state index in [0.717, 1.165) is 41.8 Å². The molecular formula is C14H20BrN3O2. The topological polar surface area (TPSA) is 53.6 Å². The average molecular weight is 342 g/mol. The molecule has 0 bridgehead atoms. The molecule has 110 valence electrons. The van der Waals surface area contributed by atoms with Gasteiger partial charge in [-0.25, -0.2) is 4.79 Å². The number of amides is 2. The van der Waals surface area contributed by atoms with Crippen LogP contribution >= 0.6 is 15.9 Å². The molecule has 0 aliphatic carbocycles. The fraction of sp³-hybridized carbons (Fsp3) is 0.500. The van der Waals surface area contributed by atoms with Crippen molar-refractivity contribution in [2.24, 2.45) is 0 Å². The first kappa shape index (κ1) is 15.1. The van der Waals surface area contributed by atoms with Crippen LogP contribution in [0.3, 0.4) is 0 Å². The number of benzene rings is 1. The fourth-order valence-electron chi connectivity index (χ4n) is 2.25. The molecule has 1 aromatic carbocycles. The number of carbonyl (C=O) groups excluding carboxylic acids is 1. The molecule has 0 radical (unpaired) electrons. The van der Waals surface area contributed by atoms with Crippen LogP contribution in [0.1, 0.15) is 12.8 Å². The number of nitrogens with zero attached hydrogens (tertiary/aromatic N) is 1. The highest BCUT2D eigenvalue weighted by atomic mass is 79.9. The first-order valence-corrected chi connectivity index (χ1v) is 7.47.